The molecule has 0 aromatic carbocycles. The highest BCUT2D eigenvalue weighted by atomic mass is 19.3. The lowest BCUT2D eigenvalue weighted by atomic mass is 10.2. The topological polar surface area (TPSA) is 66.8 Å². The van der Waals surface area contributed by atoms with Crippen molar-refractivity contribution in [1.29, 1.82) is 0 Å². The summed E-state index contributed by atoms with van der Waals surface area (Å²) in [5.41, 5.74) is -1.14. The van der Waals surface area contributed by atoms with E-state index in [-0.39, 0.29) is 12.0 Å². The lowest BCUT2D eigenvalue weighted by Gasteiger charge is -2.26. The maximum absolute atomic E-state index is 12.5. The maximum atomic E-state index is 12.5. The molecule has 0 bridgehead atoms. The number of amides is 1. The number of carbonyl (C=O) groups is 2. The Labute approximate surface area is 103 Å². The minimum Gasteiger partial charge on any atom is -0.480 e. The van der Waals surface area contributed by atoms with Gasteiger partial charge in [0.2, 0.25) is 0 Å². The van der Waals surface area contributed by atoms with Crippen molar-refractivity contribution in [3.63, 3.8) is 0 Å². The van der Waals surface area contributed by atoms with Crippen LogP contribution in [0, 0.1) is 0 Å². The molecule has 5 nitrogen and oxygen atoms in total. The highest BCUT2D eigenvalue weighted by Crippen LogP contribution is 2.28. The van der Waals surface area contributed by atoms with E-state index in [1.807, 2.05) is 0 Å². The molecule has 1 fully saturated rings. The third-order valence-electron chi connectivity index (χ3n) is 2.36. The molecule has 1 N–H and O–H groups in total. The molecule has 1 aliphatic heterocycles. The molecule has 1 rings (SSSR count). The third kappa shape index (κ3) is 3.41. The van der Waals surface area contributed by atoms with Gasteiger partial charge in [-0.2, -0.15) is 8.78 Å². The van der Waals surface area contributed by atoms with Crippen LogP contribution in [0.15, 0.2) is 11.7 Å². The van der Waals surface area contributed by atoms with Gasteiger partial charge in [0.15, 0.2) is 0 Å². The van der Waals surface area contributed by atoms with Crippen molar-refractivity contribution in [2.24, 2.45) is 0 Å². The van der Waals surface area contributed by atoms with Gasteiger partial charge < -0.3 is 9.84 Å². The summed E-state index contributed by atoms with van der Waals surface area (Å²) >= 11 is 0. The molecule has 0 spiro atoms. The highest BCUT2D eigenvalue weighted by Gasteiger charge is 2.40. The molecular formula is C11H15F2NO4. The fraction of sp³-hybridized carbons (Fsp3) is 0.636. The zero-order chi connectivity index (χ0) is 14.1. The van der Waals surface area contributed by atoms with Crippen molar-refractivity contribution in [2.75, 3.05) is 6.54 Å². The maximum Gasteiger partial charge on any atom is 0.411 e. The van der Waals surface area contributed by atoms with E-state index in [0.29, 0.717) is 0 Å². The molecule has 0 radical (unpaired) electrons. The molecule has 102 valence electrons. The lowest BCUT2D eigenvalue weighted by Crippen LogP contribution is -2.43. The SMILES string of the molecule is CC(C)(C)OC(=O)N1CC(=C(F)F)C[C@H]1C(=O)O. The van der Waals surface area contributed by atoms with Crippen LogP contribution in [-0.2, 0) is 9.53 Å². The number of carboxylic acids is 1. The average molecular weight is 263 g/mol. The lowest BCUT2D eigenvalue weighted by molar-refractivity contribution is -0.142. The number of likely N-dealkylation sites (tertiary alicyclic amines) is 1. The van der Waals surface area contributed by atoms with Gasteiger partial charge in [0.05, 0.1) is 6.54 Å². The Kier molecular flexibility index (Phi) is 3.93. The van der Waals surface area contributed by atoms with Crippen molar-refractivity contribution in [2.45, 2.75) is 38.8 Å². The summed E-state index contributed by atoms with van der Waals surface area (Å²) in [6.45, 7) is 4.43. The Hall–Kier alpha value is -1.66. The number of carboxylic acid groups (broad SMARTS) is 1. The fourth-order valence-electron chi connectivity index (χ4n) is 1.59. The summed E-state index contributed by atoms with van der Waals surface area (Å²) in [6.07, 6.45) is -3.20. The van der Waals surface area contributed by atoms with Gasteiger partial charge in [-0.3, -0.25) is 4.90 Å². The van der Waals surface area contributed by atoms with Gasteiger partial charge in [0.1, 0.15) is 11.6 Å². The Morgan fingerprint density at radius 2 is 1.94 bits per heavy atom. The van der Waals surface area contributed by atoms with Crippen molar-refractivity contribution in [3.05, 3.63) is 11.7 Å². The molecular weight excluding hydrogens is 248 g/mol. The van der Waals surface area contributed by atoms with Crippen LogP contribution < -0.4 is 0 Å². The second-order valence-electron chi connectivity index (χ2n) is 5.03. The predicted octanol–water partition coefficient (Wildman–Crippen LogP) is 2.23. The Morgan fingerprint density at radius 1 is 1.39 bits per heavy atom. The average Bonchev–Trinajstić information content (AvgIpc) is 2.58. The summed E-state index contributed by atoms with van der Waals surface area (Å²) in [5, 5.41) is 8.91. The zero-order valence-corrected chi connectivity index (χ0v) is 10.4. The second-order valence-corrected chi connectivity index (χ2v) is 5.03. The van der Waals surface area contributed by atoms with E-state index >= 15 is 0 Å². The van der Waals surface area contributed by atoms with Crippen LogP contribution in [0.4, 0.5) is 13.6 Å². The monoisotopic (exact) mass is 263 g/mol. The molecule has 1 aliphatic rings. The molecule has 0 unspecified atom stereocenters. The predicted molar refractivity (Wildman–Crippen MR) is 58.2 cm³/mol. The Balaban J connectivity index is 2.89. The van der Waals surface area contributed by atoms with Crippen molar-refractivity contribution in [3.8, 4) is 0 Å². The van der Waals surface area contributed by atoms with E-state index in [9.17, 15) is 18.4 Å². The number of ether oxygens (including phenoxy) is 1. The highest BCUT2D eigenvalue weighted by molar-refractivity contribution is 5.82. The normalized spacial score (nSPS) is 19.9. The standard InChI is InChI=1S/C11H15F2NO4/c1-11(2,3)18-10(17)14-5-6(8(12)13)4-7(14)9(15)16/h7H,4-5H2,1-3H3,(H,15,16)/t7-/m0/s1. The van der Waals surface area contributed by atoms with Crippen LogP contribution in [0.1, 0.15) is 27.2 Å². The molecule has 1 heterocycles. The second kappa shape index (κ2) is 4.91. The van der Waals surface area contributed by atoms with Gasteiger partial charge in [-0.15, -0.1) is 0 Å². The molecule has 0 aliphatic carbocycles. The van der Waals surface area contributed by atoms with Gasteiger partial charge in [0.25, 0.3) is 6.08 Å². The Bertz CT molecular complexity index is 396. The Morgan fingerprint density at radius 3 is 2.33 bits per heavy atom. The fourth-order valence-corrected chi connectivity index (χ4v) is 1.59. The van der Waals surface area contributed by atoms with Crippen LogP contribution in [0.3, 0.4) is 0 Å². The van der Waals surface area contributed by atoms with E-state index < -0.39 is 36.3 Å². The molecule has 1 atom stereocenters. The molecule has 0 aromatic heterocycles. The van der Waals surface area contributed by atoms with Gasteiger partial charge in [-0.05, 0) is 20.8 Å². The first-order valence-electron chi connectivity index (χ1n) is 5.37. The van der Waals surface area contributed by atoms with Gasteiger partial charge in [-0.1, -0.05) is 0 Å². The van der Waals surface area contributed by atoms with Gasteiger partial charge >= 0.3 is 12.1 Å². The number of rotatable bonds is 1. The molecule has 0 saturated carbocycles. The molecule has 0 aromatic rings. The van der Waals surface area contributed by atoms with Crippen molar-refractivity contribution >= 4 is 12.1 Å². The van der Waals surface area contributed by atoms with E-state index in [2.05, 4.69) is 0 Å². The number of aliphatic carboxylic acids is 1. The summed E-state index contributed by atoms with van der Waals surface area (Å²) in [6, 6.07) is -1.30. The summed E-state index contributed by atoms with van der Waals surface area (Å²) < 4.78 is 29.9. The third-order valence-corrected chi connectivity index (χ3v) is 2.36. The number of hydrogen-bond donors (Lipinski definition) is 1. The molecule has 18 heavy (non-hydrogen) atoms. The first kappa shape index (κ1) is 14.4. The number of carbonyl (C=O) groups excluding carboxylic acids is 1. The van der Waals surface area contributed by atoms with Crippen LogP contribution in [0.5, 0.6) is 0 Å². The summed E-state index contributed by atoms with van der Waals surface area (Å²) in [5.74, 6) is -1.32. The minimum absolute atomic E-state index is 0.340. The molecule has 7 heteroatoms. The van der Waals surface area contributed by atoms with E-state index in [1.54, 1.807) is 20.8 Å². The van der Waals surface area contributed by atoms with Crippen LogP contribution >= 0.6 is 0 Å². The van der Waals surface area contributed by atoms with E-state index in [4.69, 9.17) is 9.84 Å². The number of nitrogens with zero attached hydrogens (tertiary/aromatic N) is 1. The molecule has 1 amide bonds. The van der Waals surface area contributed by atoms with Crippen LogP contribution in [0.2, 0.25) is 0 Å². The van der Waals surface area contributed by atoms with Crippen molar-refractivity contribution < 1.29 is 28.2 Å². The summed E-state index contributed by atoms with van der Waals surface area (Å²) in [7, 11) is 0. The first-order valence-corrected chi connectivity index (χ1v) is 5.37. The van der Waals surface area contributed by atoms with Crippen LogP contribution in [0.25, 0.3) is 0 Å². The smallest absolute Gasteiger partial charge is 0.411 e. The largest absolute Gasteiger partial charge is 0.480 e. The number of hydrogen-bond acceptors (Lipinski definition) is 3. The summed E-state index contributed by atoms with van der Waals surface area (Å²) in [4.78, 5) is 23.5. The van der Waals surface area contributed by atoms with Crippen molar-refractivity contribution in [1.82, 2.24) is 4.90 Å². The zero-order valence-electron chi connectivity index (χ0n) is 10.4. The van der Waals surface area contributed by atoms with Gasteiger partial charge in [0, 0.05) is 12.0 Å². The minimum atomic E-state index is -1.94. The molecule has 1 saturated heterocycles. The van der Waals surface area contributed by atoms with Gasteiger partial charge in [-0.25, -0.2) is 9.59 Å². The first-order chi connectivity index (χ1) is 8.11. The van der Waals surface area contributed by atoms with E-state index in [1.165, 1.54) is 0 Å². The van der Waals surface area contributed by atoms with E-state index in [0.717, 1.165) is 4.90 Å². The number of halogens is 2. The quantitative estimate of drug-likeness (QED) is 0.787. The van der Waals surface area contributed by atoms with Crippen LogP contribution in [-0.4, -0.2) is 40.3 Å².